The van der Waals surface area contributed by atoms with Crippen LogP contribution in [0, 0.1) is 29.1 Å². The van der Waals surface area contributed by atoms with Crippen molar-refractivity contribution in [1.82, 2.24) is 5.32 Å². The molecular weight excluding hydrogens is 414 g/mol. The van der Waals surface area contributed by atoms with Crippen molar-refractivity contribution in [3.8, 4) is 0 Å². The minimum absolute atomic E-state index is 0.0294. The number of ether oxygens (including phenoxy) is 1. The molecule has 176 valence electrons. The number of hydrogen-bond acceptors (Lipinski definition) is 4. The fraction of sp³-hybridized carbons (Fsp3) is 0.571. The van der Waals surface area contributed by atoms with Crippen molar-refractivity contribution in [2.45, 2.75) is 70.3 Å². The summed E-state index contributed by atoms with van der Waals surface area (Å²) in [4.78, 5) is 27.9. The maximum Gasteiger partial charge on any atom is 0.235 e. The average molecular weight is 450 g/mol. The Kier molecular flexibility index (Phi) is 5.22. The van der Waals surface area contributed by atoms with Crippen molar-refractivity contribution in [1.29, 1.82) is 0 Å². The van der Waals surface area contributed by atoms with Crippen LogP contribution in [-0.2, 0) is 20.7 Å². The van der Waals surface area contributed by atoms with Gasteiger partial charge in [0.05, 0.1) is 17.3 Å². The molecule has 33 heavy (non-hydrogen) atoms. The first kappa shape index (κ1) is 22.5. The maximum atomic E-state index is 14.0. The van der Waals surface area contributed by atoms with Crippen LogP contribution in [0.2, 0.25) is 0 Å². The molecule has 2 aliphatic carbocycles. The Morgan fingerprint density at radius 3 is 2.61 bits per heavy atom. The van der Waals surface area contributed by atoms with Crippen molar-refractivity contribution >= 4 is 11.7 Å². The van der Waals surface area contributed by atoms with E-state index in [1.165, 1.54) is 6.08 Å². The lowest BCUT2D eigenvalue weighted by Crippen LogP contribution is -2.58. The highest BCUT2D eigenvalue weighted by Gasteiger charge is 2.78. The number of aliphatic hydroxyl groups is 1. The third kappa shape index (κ3) is 3.43. The molecule has 5 rings (SSSR count). The van der Waals surface area contributed by atoms with Crippen LogP contribution in [0.25, 0.3) is 0 Å². The molecule has 1 aromatic carbocycles. The summed E-state index contributed by atoms with van der Waals surface area (Å²) in [6.07, 6.45) is 9.10. The summed E-state index contributed by atoms with van der Waals surface area (Å²) >= 11 is 0. The second kappa shape index (κ2) is 7.64. The van der Waals surface area contributed by atoms with Crippen LogP contribution in [0.1, 0.15) is 46.1 Å². The average Bonchev–Trinajstić information content (AvgIpc) is 3.37. The van der Waals surface area contributed by atoms with E-state index in [-0.39, 0.29) is 53.1 Å². The zero-order valence-corrected chi connectivity index (χ0v) is 20.0. The molecular formula is C28H35NO4. The number of fused-ring (bicyclic) bond motifs is 2. The van der Waals surface area contributed by atoms with Gasteiger partial charge in [-0.05, 0) is 62.7 Å². The molecule has 0 radical (unpaired) electrons. The molecule has 2 saturated heterocycles. The van der Waals surface area contributed by atoms with Gasteiger partial charge in [0.1, 0.15) is 5.41 Å². The number of carbonyl (C=O) groups excluding carboxylic acids is 2. The number of nitrogens with one attached hydrogen (secondary N) is 1. The van der Waals surface area contributed by atoms with Gasteiger partial charge in [-0.25, -0.2) is 0 Å². The minimum Gasteiger partial charge on any atom is -0.386 e. The maximum absolute atomic E-state index is 14.0. The molecule has 4 aliphatic rings. The number of ketones is 1. The minimum atomic E-state index is -1.23. The van der Waals surface area contributed by atoms with Gasteiger partial charge in [0, 0.05) is 17.9 Å². The first-order valence-electron chi connectivity index (χ1n) is 12.2. The lowest BCUT2D eigenvalue weighted by Gasteiger charge is -2.45. The molecule has 1 aromatic rings. The fourth-order valence-electron chi connectivity index (χ4n) is 7.04. The summed E-state index contributed by atoms with van der Waals surface area (Å²) in [5.74, 6) is -0.663. The van der Waals surface area contributed by atoms with Crippen molar-refractivity contribution in [2.75, 3.05) is 0 Å². The van der Waals surface area contributed by atoms with Gasteiger partial charge >= 0.3 is 0 Å². The first-order chi connectivity index (χ1) is 15.6. The van der Waals surface area contributed by atoms with Gasteiger partial charge in [-0.1, -0.05) is 56.3 Å². The van der Waals surface area contributed by atoms with Crippen LogP contribution < -0.4 is 5.32 Å². The topological polar surface area (TPSA) is 78.9 Å². The van der Waals surface area contributed by atoms with Crippen molar-refractivity contribution < 1.29 is 19.4 Å². The summed E-state index contributed by atoms with van der Waals surface area (Å²) in [6, 6.07) is 9.97. The number of carbonyl (C=O) groups is 2. The van der Waals surface area contributed by atoms with E-state index in [4.69, 9.17) is 4.74 Å². The Bertz CT molecular complexity index is 1010. The van der Waals surface area contributed by atoms with E-state index in [1.807, 2.05) is 18.2 Å². The molecule has 5 nitrogen and oxygen atoms in total. The van der Waals surface area contributed by atoms with Crippen molar-refractivity contribution in [3.63, 3.8) is 0 Å². The Morgan fingerprint density at radius 1 is 1.15 bits per heavy atom. The molecule has 2 heterocycles. The predicted octanol–water partition coefficient (Wildman–Crippen LogP) is 3.62. The smallest absolute Gasteiger partial charge is 0.235 e. The Hall–Kier alpha value is -2.24. The van der Waals surface area contributed by atoms with Gasteiger partial charge < -0.3 is 15.2 Å². The van der Waals surface area contributed by atoms with Gasteiger partial charge in [-0.3, -0.25) is 9.59 Å². The molecule has 9 atom stereocenters. The molecule has 1 saturated carbocycles. The van der Waals surface area contributed by atoms with Crippen LogP contribution in [0.4, 0.5) is 0 Å². The monoisotopic (exact) mass is 449 g/mol. The summed E-state index contributed by atoms with van der Waals surface area (Å²) < 4.78 is 6.28. The summed E-state index contributed by atoms with van der Waals surface area (Å²) in [5, 5.41) is 14.1. The van der Waals surface area contributed by atoms with E-state index >= 15 is 0 Å². The lowest BCUT2D eigenvalue weighted by atomic mass is 9.51. The van der Waals surface area contributed by atoms with Gasteiger partial charge in [-0.15, -0.1) is 0 Å². The highest BCUT2D eigenvalue weighted by atomic mass is 16.6. The van der Waals surface area contributed by atoms with Crippen LogP contribution in [0.3, 0.4) is 0 Å². The van der Waals surface area contributed by atoms with E-state index in [0.29, 0.717) is 12.8 Å². The first-order valence-corrected chi connectivity index (χ1v) is 12.2. The zero-order valence-electron chi connectivity index (χ0n) is 20.0. The van der Waals surface area contributed by atoms with Crippen LogP contribution in [0.15, 0.2) is 54.6 Å². The van der Waals surface area contributed by atoms with E-state index < -0.39 is 11.0 Å². The molecule has 3 fully saturated rings. The Morgan fingerprint density at radius 2 is 1.88 bits per heavy atom. The molecule has 1 amide bonds. The van der Waals surface area contributed by atoms with E-state index in [0.717, 1.165) is 12.0 Å². The summed E-state index contributed by atoms with van der Waals surface area (Å²) in [7, 11) is 0. The van der Waals surface area contributed by atoms with E-state index in [2.05, 4.69) is 50.4 Å². The van der Waals surface area contributed by atoms with Gasteiger partial charge in [0.25, 0.3) is 0 Å². The second-order valence-electron chi connectivity index (χ2n) is 11.2. The van der Waals surface area contributed by atoms with Crippen LogP contribution in [0.5, 0.6) is 0 Å². The number of rotatable bonds is 2. The Balaban J connectivity index is 1.63. The quantitative estimate of drug-likeness (QED) is 0.411. The van der Waals surface area contributed by atoms with E-state index in [9.17, 15) is 14.7 Å². The number of amides is 1. The number of benzene rings is 1. The highest BCUT2D eigenvalue weighted by molar-refractivity contribution is 6.13. The van der Waals surface area contributed by atoms with Crippen LogP contribution in [-0.4, -0.2) is 40.1 Å². The second-order valence-corrected chi connectivity index (χ2v) is 11.2. The fourth-order valence-corrected chi connectivity index (χ4v) is 7.04. The van der Waals surface area contributed by atoms with Crippen molar-refractivity contribution in [3.05, 3.63) is 60.2 Å². The van der Waals surface area contributed by atoms with Gasteiger partial charge in [0.15, 0.2) is 5.78 Å². The molecule has 2 aliphatic heterocycles. The molecule has 0 unspecified atom stereocenters. The summed E-state index contributed by atoms with van der Waals surface area (Å²) in [5.41, 5.74) is -1.53. The summed E-state index contributed by atoms with van der Waals surface area (Å²) in [6.45, 7) is 8.09. The number of epoxide rings is 1. The normalized spacial score (nSPS) is 48.5. The molecule has 5 heteroatoms. The van der Waals surface area contributed by atoms with Crippen LogP contribution >= 0.6 is 0 Å². The van der Waals surface area contributed by atoms with Gasteiger partial charge in [0.2, 0.25) is 5.91 Å². The van der Waals surface area contributed by atoms with E-state index in [1.54, 1.807) is 13.0 Å². The third-order valence-corrected chi connectivity index (χ3v) is 8.78. The van der Waals surface area contributed by atoms with Crippen molar-refractivity contribution in [2.24, 2.45) is 29.1 Å². The number of hydrogen-bond donors (Lipinski definition) is 2. The lowest BCUT2D eigenvalue weighted by molar-refractivity contribution is -0.145. The standard InChI is InChI=1S/C28H35NO4/c1-17-9-8-12-20-24-27(4,33-24)18(2)23-21(15-19-10-6-5-7-11-19)29-25(31)28(20,23)22(30)13-14-26(3,32)16-17/h5-8,10-14,17-18,20-21,23-24,32H,9,15-16H2,1-4H3,(H,29,31)/b12-8+,14-13+/t17-,18-,20-,21-,23-,24-,26+,27+,28+/m1/s1. The third-order valence-electron chi connectivity index (χ3n) is 8.78. The molecule has 0 bridgehead atoms. The molecule has 2 N–H and O–H groups in total. The SMILES string of the molecule is C[C@@H]1C/C=C/[C@@H]2[C@H]3O[C@@]3(C)[C@H](C)[C@@H]3[C@@H](Cc4ccccc4)NC(=O)[C@@]32C(=O)/C=C/[C@](C)(O)C1. The largest absolute Gasteiger partial charge is 0.386 e. The molecule has 1 spiro atoms. The Labute approximate surface area is 196 Å². The van der Waals surface area contributed by atoms with Gasteiger partial charge in [-0.2, -0.15) is 0 Å². The highest BCUT2D eigenvalue weighted by Crippen LogP contribution is 2.66. The molecule has 0 aromatic heterocycles. The predicted molar refractivity (Wildman–Crippen MR) is 126 cm³/mol. The number of allylic oxidation sites excluding steroid dienone is 2. The zero-order chi connectivity index (χ0) is 23.6.